The zero-order valence-electron chi connectivity index (χ0n) is 13.4. The normalized spacial score (nSPS) is 10.2. The maximum Gasteiger partial charge on any atom is 0.339 e. The standard InChI is InChI=1S/C8H10AsNO5.C7H7NO2/c1-5(11)10-7-4-2-3-6(8(7)12)9(13,14)15;1-10-7(9)6-3-2-4-8-5-6/h2-4,12H,1H3,(H,10,11)(H2,13,14,15);2-5H,1H3. The molecule has 0 atom stereocenters. The summed E-state index contributed by atoms with van der Waals surface area (Å²) < 4.78 is 32.8. The van der Waals surface area contributed by atoms with Gasteiger partial charge in [-0.3, -0.25) is 4.98 Å². The van der Waals surface area contributed by atoms with Crippen molar-refractivity contribution in [2.24, 2.45) is 0 Å². The Kier molecular flexibility index (Phi) is 7.38. The summed E-state index contributed by atoms with van der Waals surface area (Å²) in [5, 5.41) is 11.7. The number of phenols is 1. The van der Waals surface area contributed by atoms with Crippen molar-refractivity contribution in [2.45, 2.75) is 6.92 Å². The van der Waals surface area contributed by atoms with E-state index in [1.54, 1.807) is 18.3 Å². The summed E-state index contributed by atoms with van der Waals surface area (Å²) in [6.45, 7) is 1.23. The molecule has 0 aliphatic heterocycles. The van der Waals surface area contributed by atoms with Crippen LogP contribution < -0.4 is 9.67 Å². The average Bonchev–Trinajstić information content (AvgIpc) is 2.56. The van der Waals surface area contributed by atoms with Gasteiger partial charge >= 0.3 is 94.1 Å². The largest absolute Gasteiger partial charge is 0.465 e. The Morgan fingerprint density at radius 1 is 1.20 bits per heavy atom. The number of pyridine rings is 1. The molecule has 0 aliphatic rings. The van der Waals surface area contributed by atoms with Crippen LogP contribution in [0.1, 0.15) is 17.3 Å². The molecule has 1 amide bonds. The minimum atomic E-state index is -5.15. The molecule has 0 unspecified atom stereocenters. The maximum atomic E-state index is 11.0. The van der Waals surface area contributed by atoms with Crippen molar-refractivity contribution in [1.29, 1.82) is 0 Å². The Morgan fingerprint density at radius 3 is 2.36 bits per heavy atom. The number of phenolic OH excluding ortho intramolecular Hbond substituents is 1. The van der Waals surface area contributed by atoms with Gasteiger partial charge in [-0.1, -0.05) is 0 Å². The number of carbonyl (C=O) groups is 2. The number of benzene rings is 1. The number of para-hydroxylation sites is 1. The topological polar surface area (TPSA) is 146 Å². The van der Waals surface area contributed by atoms with Crippen molar-refractivity contribution < 1.29 is 31.4 Å². The summed E-state index contributed by atoms with van der Waals surface area (Å²) >= 11 is -5.15. The van der Waals surface area contributed by atoms with Crippen LogP contribution in [0.3, 0.4) is 0 Å². The molecule has 2 rings (SSSR count). The number of aromatic hydroxyl groups is 1. The second kappa shape index (κ2) is 9.02. The molecule has 25 heavy (non-hydrogen) atoms. The van der Waals surface area contributed by atoms with E-state index in [2.05, 4.69) is 15.0 Å². The smallest absolute Gasteiger partial charge is 0.339 e. The van der Waals surface area contributed by atoms with Crippen LogP contribution in [0.4, 0.5) is 5.69 Å². The summed E-state index contributed by atoms with van der Waals surface area (Å²) in [5.41, 5.74) is 0.467. The molecular weight excluding hydrogens is 395 g/mol. The van der Waals surface area contributed by atoms with Crippen LogP contribution in [-0.2, 0) is 13.3 Å². The number of hydrogen-bond donors (Lipinski definition) is 4. The third-order valence-corrected chi connectivity index (χ3v) is 4.80. The molecule has 0 saturated carbocycles. The fourth-order valence-corrected chi connectivity index (χ4v) is 3.08. The number of rotatable bonds is 3. The van der Waals surface area contributed by atoms with Gasteiger partial charge in [-0.25, -0.2) is 4.79 Å². The summed E-state index contributed by atoms with van der Waals surface area (Å²) in [7, 11) is 1.34. The number of carbonyl (C=O) groups excluding carboxylic acids is 2. The zero-order valence-corrected chi connectivity index (χ0v) is 15.3. The van der Waals surface area contributed by atoms with Gasteiger partial charge in [0, 0.05) is 12.4 Å². The second-order valence-corrected chi connectivity index (χ2v) is 7.93. The number of hydrogen-bond acceptors (Lipinski definition) is 6. The molecule has 0 bridgehead atoms. The minimum absolute atomic E-state index is 0.00951. The number of nitrogens with zero attached hydrogens (tertiary/aromatic N) is 1. The van der Waals surface area contributed by atoms with E-state index in [1.807, 2.05) is 0 Å². The van der Waals surface area contributed by atoms with E-state index in [9.17, 15) is 18.4 Å². The van der Waals surface area contributed by atoms with Gasteiger partial charge in [-0.2, -0.15) is 0 Å². The first-order chi connectivity index (χ1) is 11.7. The predicted octanol–water partition coefficient (Wildman–Crippen LogP) is -0.220. The van der Waals surface area contributed by atoms with Crippen molar-refractivity contribution in [3.05, 3.63) is 48.3 Å². The van der Waals surface area contributed by atoms with E-state index in [0.717, 1.165) is 6.07 Å². The molecule has 0 saturated heterocycles. The minimum Gasteiger partial charge on any atom is -0.465 e. The molecule has 1 aromatic carbocycles. The van der Waals surface area contributed by atoms with Crippen LogP contribution in [0.15, 0.2) is 42.7 Å². The molecule has 0 spiro atoms. The van der Waals surface area contributed by atoms with Crippen molar-refractivity contribution in [3.63, 3.8) is 0 Å². The van der Waals surface area contributed by atoms with Crippen LogP contribution in [-0.4, -0.2) is 51.4 Å². The van der Waals surface area contributed by atoms with Crippen LogP contribution in [0.2, 0.25) is 0 Å². The van der Waals surface area contributed by atoms with Crippen LogP contribution in [0, 0.1) is 0 Å². The van der Waals surface area contributed by atoms with Gasteiger partial charge in [0.15, 0.2) is 0 Å². The molecule has 9 nitrogen and oxygen atoms in total. The Hall–Kier alpha value is -2.61. The third-order valence-electron chi connectivity index (χ3n) is 2.72. The fraction of sp³-hybridized carbons (Fsp3) is 0.133. The molecular formula is C15H17AsN2O7. The zero-order chi connectivity index (χ0) is 19.0. The predicted molar refractivity (Wildman–Crippen MR) is 88.5 cm³/mol. The quantitative estimate of drug-likeness (QED) is 0.308. The number of amides is 1. The van der Waals surface area contributed by atoms with Crippen LogP contribution in [0.25, 0.3) is 0 Å². The fourth-order valence-electron chi connectivity index (χ4n) is 1.66. The average molecular weight is 412 g/mol. The maximum absolute atomic E-state index is 11.0. The van der Waals surface area contributed by atoms with Gasteiger partial charge < -0.3 is 4.74 Å². The third kappa shape index (κ3) is 6.42. The van der Waals surface area contributed by atoms with E-state index in [4.69, 9.17) is 8.19 Å². The van der Waals surface area contributed by atoms with Crippen LogP contribution in [0.5, 0.6) is 5.75 Å². The van der Waals surface area contributed by atoms with Crippen LogP contribution >= 0.6 is 0 Å². The van der Waals surface area contributed by atoms with Crippen molar-refractivity contribution in [1.82, 2.24) is 4.98 Å². The molecule has 0 aliphatic carbocycles. The molecule has 0 radical (unpaired) electrons. The number of anilines is 1. The molecule has 0 fully saturated rings. The first-order valence-electron chi connectivity index (χ1n) is 6.80. The van der Waals surface area contributed by atoms with Gasteiger partial charge in [0.05, 0.1) is 12.7 Å². The first-order valence-corrected chi connectivity index (χ1v) is 10.2. The van der Waals surface area contributed by atoms with E-state index >= 15 is 0 Å². The molecule has 1 heterocycles. The number of ether oxygens (including phenoxy) is 1. The summed E-state index contributed by atoms with van der Waals surface area (Å²) in [6.07, 6.45) is 3.07. The molecule has 1 aromatic heterocycles. The second-order valence-electron chi connectivity index (χ2n) is 4.63. The number of methoxy groups -OCH3 is 1. The summed E-state index contributed by atoms with van der Waals surface area (Å²) in [4.78, 5) is 25.2. The van der Waals surface area contributed by atoms with E-state index in [1.165, 1.54) is 32.4 Å². The summed E-state index contributed by atoms with van der Waals surface area (Å²) in [5.74, 6) is -1.37. The van der Waals surface area contributed by atoms with Gasteiger partial charge in [-0.15, -0.1) is 0 Å². The van der Waals surface area contributed by atoms with Crippen molar-refractivity contribution >= 4 is 36.1 Å². The molecule has 10 heteroatoms. The molecule has 4 N–H and O–H groups in total. The number of esters is 1. The SMILES string of the molecule is CC(=O)Nc1cccc([As](=O)(O)O)c1O.COC(=O)c1cccnc1. The molecule has 134 valence electrons. The van der Waals surface area contributed by atoms with Crippen molar-refractivity contribution in [2.75, 3.05) is 12.4 Å². The Labute approximate surface area is 146 Å². The van der Waals surface area contributed by atoms with Crippen molar-refractivity contribution in [3.8, 4) is 5.75 Å². The molecule has 2 aromatic rings. The van der Waals surface area contributed by atoms with Gasteiger partial charge in [0.1, 0.15) is 0 Å². The Bertz CT molecular complexity index is 790. The van der Waals surface area contributed by atoms with E-state index < -0.39 is 30.2 Å². The van der Waals surface area contributed by atoms with Gasteiger partial charge in [-0.05, 0) is 12.1 Å². The van der Waals surface area contributed by atoms with E-state index in [-0.39, 0.29) is 11.7 Å². The van der Waals surface area contributed by atoms with Gasteiger partial charge in [0.2, 0.25) is 0 Å². The first kappa shape index (κ1) is 20.4. The Balaban J connectivity index is 0.000000271. The number of nitrogens with one attached hydrogen (secondary N) is 1. The monoisotopic (exact) mass is 412 g/mol. The van der Waals surface area contributed by atoms with E-state index in [0.29, 0.717) is 5.56 Å². The summed E-state index contributed by atoms with van der Waals surface area (Å²) in [6, 6.07) is 7.16. The number of aromatic nitrogens is 1. The van der Waals surface area contributed by atoms with Gasteiger partial charge in [0.25, 0.3) is 0 Å². The Morgan fingerprint density at radius 2 is 1.88 bits per heavy atom.